The second-order valence-corrected chi connectivity index (χ2v) is 3.86. The molecule has 1 amide bonds. The van der Waals surface area contributed by atoms with Crippen molar-refractivity contribution in [1.29, 1.82) is 0 Å². The topological polar surface area (TPSA) is 50.7 Å². The highest BCUT2D eigenvalue weighted by atomic mass is 16.5. The van der Waals surface area contributed by atoms with Gasteiger partial charge in [0.15, 0.2) is 0 Å². The Hall–Kier alpha value is -2.36. The fraction of sp³-hybridized carbons (Fsp3) is 0.143. The van der Waals surface area contributed by atoms with Gasteiger partial charge >= 0.3 is 6.09 Å². The van der Waals surface area contributed by atoms with Crippen molar-refractivity contribution in [2.24, 2.45) is 5.10 Å². The molecule has 0 unspecified atom stereocenters. The molecule has 0 aromatic heterocycles. The van der Waals surface area contributed by atoms with Gasteiger partial charge in [0.05, 0.1) is 12.8 Å². The number of hydrogen-bond acceptors (Lipinski definition) is 3. The van der Waals surface area contributed by atoms with E-state index in [4.69, 9.17) is 0 Å². The molecule has 18 heavy (non-hydrogen) atoms. The first kappa shape index (κ1) is 12.1. The summed E-state index contributed by atoms with van der Waals surface area (Å²) in [6, 6.07) is 14.1. The number of amides is 1. The van der Waals surface area contributed by atoms with E-state index in [1.165, 1.54) is 12.5 Å². The van der Waals surface area contributed by atoms with E-state index in [0.29, 0.717) is 0 Å². The summed E-state index contributed by atoms with van der Waals surface area (Å²) >= 11 is 0. The molecule has 0 radical (unpaired) electrons. The number of benzene rings is 2. The molecule has 0 aliphatic carbocycles. The lowest BCUT2D eigenvalue weighted by Gasteiger charge is -2.04. The van der Waals surface area contributed by atoms with E-state index in [-0.39, 0.29) is 0 Å². The van der Waals surface area contributed by atoms with Crippen molar-refractivity contribution in [3.63, 3.8) is 0 Å². The minimum atomic E-state index is -0.574. The molecule has 2 aromatic rings. The summed E-state index contributed by atoms with van der Waals surface area (Å²) < 4.78 is 4.45. The van der Waals surface area contributed by atoms with Crippen molar-refractivity contribution in [2.75, 3.05) is 7.11 Å². The third kappa shape index (κ3) is 2.66. The van der Waals surface area contributed by atoms with Crippen LogP contribution in [0.15, 0.2) is 47.6 Å². The summed E-state index contributed by atoms with van der Waals surface area (Å²) in [4.78, 5) is 10.9. The van der Waals surface area contributed by atoms with E-state index in [2.05, 4.69) is 21.3 Å². The lowest BCUT2D eigenvalue weighted by atomic mass is 10.0. The summed E-state index contributed by atoms with van der Waals surface area (Å²) in [5.74, 6) is 0. The van der Waals surface area contributed by atoms with E-state index in [0.717, 1.165) is 16.7 Å². The van der Waals surface area contributed by atoms with E-state index in [1.54, 1.807) is 0 Å². The van der Waals surface area contributed by atoms with Gasteiger partial charge in [0, 0.05) is 0 Å². The standard InChI is InChI=1S/C14H14N2O2/c1-10(15-16-14(17)18-2)12-8-7-11-5-3-4-6-13(11)9-12/h3-9H,1-2H3,(H,16,17)/b15-10+. The quantitative estimate of drug-likeness (QED) is 0.650. The second kappa shape index (κ2) is 5.31. The normalized spacial score (nSPS) is 11.3. The van der Waals surface area contributed by atoms with Gasteiger partial charge in [-0.3, -0.25) is 0 Å². The Labute approximate surface area is 105 Å². The smallest absolute Gasteiger partial charge is 0.427 e. The fourth-order valence-electron chi connectivity index (χ4n) is 1.65. The minimum Gasteiger partial charge on any atom is -0.452 e. The first-order valence-corrected chi connectivity index (χ1v) is 5.58. The molecule has 0 spiro atoms. The Morgan fingerprint density at radius 2 is 1.89 bits per heavy atom. The predicted molar refractivity (Wildman–Crippen MR) is 71.7 cm³/mol. The number of carbonyl (C=O) groups excluding carboxylic acids is 1. The first-order chi connectivity index (χ1) is 8.70. The van der Waals surface area contributed by atoms with Gasteiger partial charge in [-0.2, -0.15) is 5.10 Å². The summed E-state index contributed by atoms with van der Waals surface area (Å²) in [5.41, 5.74) is 4.00. The van der Waals surface area contributed by atoms with Crippen LogP contribution >= 0.6 is 0 Å². The molecule has 0 fully saturated rings. The molecule has 0 saturated heterocycles. The molecular formula is C14H14N2O2. The Morgan fingerprint density at radius 1 is 1.17 bits per heavy atom. The largest absolute Gasteiger partial charge is 0.452 e. The monoisotopic (exact) mass is 242 g/mol. The zero-order valence-electron chi connectivity index (χ0n) is 10.3. The van der Waals surface area contributed by atoms with Gasteiger partial charge in [0.25, 0.3) is 0 Å². The summed E-state index contributed by atoms with van der Waals surface area (Å²) in [7, 11) is 1.30. The number of methoxy groups -OCH3 is 1. The number of hydrogen-bond donors (Lipinski definition) is 1. The van der Waals surface area contributed by atoms with Gasteiger partial charge in [-0.1, -0.05) is 36.4 Å². The van der Waals surface area contributed by atoms with Crippen LogP contribution in [0.2, 0.25) is 0 Å². The summed E-state index contributed by atoms with van der Waals surface area (Å²) in [5, 5.41) is 6.28. The Morgan fingerprint density at radius 3 is 2.61 bits per heavy atom. The highest BCUT2D eigenvalue weighted by Gasteiger charge is 2.01. The van der Waals surface area contributed by atoms with Crippen molar-refractivity contribution >= 4 is 22.6 Å². The van der Waals surface area contributed by atoms with Crippen molar-refractivity contribution in [3.8, 4) is 0 Å². The highest BCUT2D eigenvalue weighted by molar-refractivity contribution is 6.02. The number of hydrazone groups is 1. The Kier molecular flexibility index (Phi) is 3.57. The summed E-state index contributed by atoms with van der Waals surface area (Å²) in [6.07, 6.45) is -0.574. The maximum absolute atomic E-state index is 10.9. The molecular weight excluding hydrogens is 228 g/mol. The number of ether oxygens (including phenoxy) is 1. The van der Waals surface area contributed by atoms with Crippen LogP contribution in [0, 0.1) is 0 Å². The Bertz CT molecular complexity index is 606. The average molecular weight is 242 g/mol. The van der Waals surface area contributed by atoms with Gasteiger partial charge in [0.1, 0.15) is 0 Å². The van der Waals surface area contributed by atoms with Gasteiger partial charge in [-0.05, 0) is 29.3 Å². The number of carbonyl (C=O) groups is 1. The molecule has 0 atom stereocenters. The third-order valence-electron chi connectivity index (χ3n) is 2.67. The molecule has 4 nitrogen and oxygen atoms in total. The zero-order chi connectivity index (χ0) is 13.0. The minimum absolute atomic E-state index is 0.574. The van der Waals surface area contributed by atoms with Gasteiger partial charge in [0.2, 0.25) is 0 Å². The molecule has 0 heterocycles. The van der Waals surface area contributed by atoms with E-state index < -0.39 is 6.09 Å². The van der Waals surface area contributed by atoms with Crippen LogP contribution in [0.25, 0.3) is 10.8 Å². The van der Waals surface area contributed by atoms with Crippen LogP contribution in [0.3, 0.4) is 0 Å². The molecule has 0 bridgehead atoms. The molecule has 92 valence electrons. The van der Waals surface area contributed by atoms with Crippen LogP contribution in [0.5, 0.6) is 0 Å². The van der Waals surface area contributed by atoms with E-state index >= 15 is 0 Å². The van der Waals surface area contributed by atoms with Gasteiger partial charge in [-0.15, -0.1) is 0 Å². The van der Waals surface area contributed by atoms with Crippen LogP contribution in [-0.4, -0.2) is 18.9 Å². The van der Waals surface area contributed by atoms with Crippen molar-refractivity contribution < 1.29 is 9.53 Å². The number of nitrogens with one attached hydrogen (secondary N) is 1. The predicted octanol–water partition coefficient (Wildman–Crippen LogP) is 2.92. The van der Waals surface area contributed by atoms with Gasteiger partial charge < -0.3 is 4.74 Å². The average Bonchev–Trinajstić information content (AvgIpc) is 2.43. The van der Waals surface area contributed by atoms with Crippen LogP contribution in [0.1, 0.15) is 12.5 Å². The van der Waals surface area contributed by atoms with E-state index in [1.807, 2.05) is 43.3 Å². The fourth-order valence-corrected chi connectivity index (χ4v) is 1.65. The molecule has 1 N–H and O–H groups in total. The van der Waals surface area contributed by atoms with Crippen LogP contribution in [-0.2, 0) is 4.74 Å². The molecule has 0 aliphatic rings. The van der Waals surface area contributed by atoms with Crippen molar-refractivity contribution in [1.82, 2.24) is 5.43 Å². The summed E-state index contributed by atoms with van der Waals surface area (Å²) in [6.45, 7) is 1.83. The molecule has 0 aliphatic heterocycles. The second-order valence-electron chi connectivity index (χ2n) is 3.86. The van der Waals surface area contributed by atoms with Crippen molar-refractivity contribution in [3.05, 3.63) is 48.0 Å². The van der Waals surface area contributed by atoms with Crippen LogP contribution < -0.4 is 5.43 Å². The molecule has 4 heteroatoms. The van der Waals surface area contributed by atoms with Gasteiger partial charge in [-0.25, -0.2) is 10.2 Å². The SMILES string of the molecule is COC(=O)N/N=C(\C)c1ccc2ccccc2c1. The maximum atomic E-state index is 10.9. The van der Waals surface area contributed by atoms with Crippen molar-refractivity contribution in [2.45, 2.75) is 6.92 Å². The first-order valence-electron chi connectivity index (χ1n) is 5.58. The molecule has 2 rings (SSSR count). The molecule has 0 saturated carbocycles. The molecule has 2 aromatic carbocycles. The maximum Gasteiger partial charge on any atom is 0.427 e. The third-order valence-corrected chi connectivity index (χ3v) is 2.67. The lowest BCUT2D eigenvalue weighted by molar-refractivity contribution is 0.171. The lowest BCUT2D eigenvalue weighted by Crippen LogP contribution is -2.18. The number of rotatable bonds is 2. The zero-order valence-corrected chi connectivity index (χ0v) is 10.3. The number of nitrogens with zero attached hydrogens (tertiary/aromatic N) is 1. The number of fused-ring (bicyclic) bond motifs is 1. The van der Waals surface area contributed by atoms with E-state index in [9.17, 15) is 4.79 Å². The Balaban J connectivity index is 2.27. The van der Waals surface area contributed by atoms with Crippen LogP contribution in [0.4, 0.5) is 4.79 Å². The highest BCUT2D eigenvalue weighted by Crippen LogP contribution is 2.15.